The summed E-state index contributed by atoms with van der Waals surface area (Å²) in [5, 5.41) is 3.44. The van der Waals surface area contributed by atoms with E-state index in [0.717, 1.165) is 38.4 Å². The largest absolute Gasteiger partial charge is 0.493 e. The van der Waals surface area contributed by atoms with Crippen LogP contribution >= 0.6 is 0 Å². The Balaban J connectivity index is 1.82. The summed E-state index contributed by atoms with van der Waals surface area (Å²) in [6, 6.07) is 7.14. The molecule has 0 saturated heterocycles. The van der Waals surface area contributed by atoms with Crippen molar-refractivity contribution in [2.24, 2.45) is 0 Å². The molecule has 18 heavy (non-hydrogen) atoms. The molecule has 0 fully saturated rings. The Bertz CT molecular complexity index is 390. The van der Waals surface area contributed by atoms with Crippen LogP contribution in [0, 0.1) is 0 Å². The maximum absolute atomic E-state index is 5.53. The summed E-state index contributed by atoms with van der Waals surface area (Å²) in [7, 11) is 2.17. The Morgan fingerprint density at radius 1 is 1.39 bits per heavy atom. The lowest BCUT2D eigenvalue weighted by Crippen LogP contribution is -2.32. The van der Waals surface area contributed by atoms with Gasteiger partial charge in [0.15, 0.2) is 0 Å². The van der Waals surface area contributed by atoms with Gasteiger partial charge in [-0.2, -0.15) is 0 Å². The molecule has 3 nitrogen and oxygen atoms in total. The fourth-order valence-electron chi connectivity index (χ4n) is 2.27. The number of likely N-dealkylation sites (N-methyl/N-ethyl adjacent to an activating group) is 1. The third-order valence-corrected chi connectivity index (χ3v) is 3.25. The molecule has 0 radical (unpaired) electrons. The minimum atomic E-state index is 0.565. The Hall–Kier alpha value is -1.06. The van der Waals surface area contributed by atoms with E-state index in [4.69, 9.17) is 4.74 Å². The molecule has 1 N–H and O–H groups in total. The highest BCUT2D eigenvalue weighted by molar-refractivity contribution is 5.39. The van der Waals surface area contributed by atoms with Gasteiger partial charge in [0.05, 0.1) is 6.61 Å². The standard InChI is InChI=1S/C15H24N2O/c1-12(2)16-7-8-17(3)11-13-4-5-15-14(10-13)6-9-18-15/h4-5,10,12,16H,6-9,11H2,1-3H3. The van der Waals surface area contributed by atoms with E-state index in [1.54, 1.807) is 0 Å². The van der Waals surface area contributed by atoms with Crippen LogP contribution in [0.3, 0.4) is 0 Å². The summed E-state index contributed by atoms with van der Waals surface area (Å²) < 4.78 is 5.53. The van der Waals surface area contributed by atoms with Crippen LogP contribution in [0.25, 0.3) is 0 Å². The fraction of sp³-hybridized carbons (Fsp3) is 0.600. The fourth-order valence-corrected chi connectivity index (χ4v) is 2.27. The van der Waals surface area contributed by atoms with Gasteiger partial charge in [-0.25, -0.2) is 0 Å². The number of nitrogens with zero attached hydrogens (tertiary/aromatic N) is 1. The van der Waals surface area contributed by atoms with Crippen molar-refractivity contribution in [3.63, 3.8) is 0 Å². The summed E-state index contributed by atoms with van der Waals surface area (Å²) in [5.41, 5.74) is 2.74. The Morgan fingerprint density at radius 3 is 3.00 bits per heavy atom. The van der Waals surface area contributed by atoms with E-state index in [1.807, 2.05) is 0 Å². The van der Waals surface area contributed by atoms with E-state index in [2.05, 4.69) is 49.3 Å². The van der Waals surface area contributed by atoms with E-state index in [-0.39, 0.29) is 0 Å². The van der Waals surface area contributed by atoms with Gasteiger partial charge in [-0.1, -0.05) is 26.0 Å². The minimum Gasteiger partial charge on any atom is -0.493 e. The lowest BCUT2D eigenvalue weighted by Gasteiger charge is -2.18. The molecule has 0 saturated carbocycles. The number of ether oxygens (including phenoxy) is 1. The second-order valence-corrected chi connectivity index (χ2v) is 5.39. The van der Waals surface area contributed by atoms with Gasteiger partial charge in [0.2, 0.25) is 0 Å². The molecule has 0 bridgehead atoms. The van der Waals surface area contributed by atoms with Crippen LogP contribution in [0.5, 0.6) is 5.75 Å². The molecule has 0 unspecified atom stereocenters. The molecule has 100 valence electrons. The van der Waals surface area contributed by atoms with Crippen LogP contribution in [-0.4, -0.2) is 37.7 Å². The first-order chi connectivity index (χ1) is 8.65. The van der Waals surface area contributed by atoms with Gasteiger partial charge >= 0.3 is 0 Å². The molecule has 0 atom stereocenters. The highest BCUT2D eigenvalue weighted by Crippen LogP contribution is 2.26. The molecule has 3 heteroatoms. The van der Waals surface area contributed by atoms with E-state index in [9.17, 15) is 0 Å². The number of nitrogens with one attached hydrogen (secondary N) is 1. The molecule has 2 rings (SSSR count). The summed E-state index contributed by atoms with van der Waals surface area (Å²) in [6.45, 7) is 8.33. The van der Waals surface area contributed by atoms with Crippen molar-refractivity contribution in [2.45, 2.75) is 32.9 Å². The van der Waals surface area contributed by atoms with Crippen molar-refractivity contribution in [1.29, 1.82) is 0 Å². The van der Waals surface area contributed by atoms with Gasteiger partial charge in [0.25, 0.3) is 0 Å². The lowest BCUT2D eigenvalue weighted by atomic mass is 10.1. The SMILES string of the molecule is CC(C)NCCN(C)Cc1ccc2c(c1)CCO2. The normalized spacial score (nSPS) is 14.1. The van der Waals surface area contributed by atoms with Crippen LogP contribution in [0.15, 0.2) is 18.2 Å². The Kier molecular flexibility index (Phi) is 4.61. The molecule has 1 heterocycles. The molecule has 1 aromatic carbocycles. The van der Waals surface area contributed by atoms with Crippen molar-refractivity contribution in [2.75, 3.05) is 26.7 Å². The monoisotopic (exact) mass is 248 g/mol. The number of hydrogen-bond donors (Lipinski definition) is 1. The number of benzene rings is 1. The smallest absolute Gasteiger partial charge is 0.122 e. The number of rotatable bonds is 6. The maximum atomic E-state index is 5.53. The zero-order valence-electron chi connectivity index (χ0n) is 11.7. The van der Waals surface area contributed by atoms with Crippen LogP contribution in [0.4, 0.5) is 0 Å². The molecule has 0 aliphatic carbocycles. The zero-order chi connectivity index (χ0) is 13.0. The topological polar surface area (TPSA) is 24.5 Å². The van der Waals surface area contributed by atoms with E-state index >= 15 is 0 Å². The molecule has 0 amide bonds. The highest BCUT2D eigenvalue weighted by Gasteiger charge is 2.12. The van der Waals surface area contributed by atoms with Gasteiger partial charge in [-0.3, -0.25) is 0 Å². The number of fused-ring (bicyclic) bond motifs is 1. The Labute approximate surface area is 110 Å². The molecule has 0 spiro atoms. The van der Waals surface area contributed by atoms with Gasteiger partial charge in [-0.05, 0) is 24.2 Å². The van der Waals surface area contributed by atoms with E-state index < -0.39 is 0 Å². The lowest BCUT2D eigenvalue weighted by molar-refractivity contribution is 0.320. The first-order valence-electron chi connectivity index (χ1n) is 6.81. The van der Waals surface area contributed by atoms with Crippen molar-refractivity contribution in [3.8, 4) is 5.75 Å². The van der Waals surface area contributed by atoms with Gasteiger partial charge in [-0.15, -0.1) is 0 Å². The molecule has 1 aliphatic rings. The third kappa shape index (κ3) is 3.72. The predicted molar refractivity (Wildman–Crippen MR) is 75.1 cm³/mol. The van der Waals surface area contributed by atoms with Gasteiger partial charge in [0.1, 0.15) is 5.75 Å². The summed E-state index contributed by atoms with van der Waals surface area (Å²) in [4.78, 5) is 2.35. The molecule has 0 aromatic heterocycles. The van der Waals surface area contributed by atoms with Crippen molar-refractivity contribution < 1.29 is 4.74 Å². The zero-order valence-corrected chi connectivity index (χ0v) is 11.7. The summed E-state index contributed by atoms with van der Waals surface area (Å²) in [6.07, 6.45) is 1.06. The molecule has 1 aliphatic heterocycles. The van der Waals surface area contributed by atoms with Crippen LogP contribution in [0.1, 0.15) is 25.0 Å². The second-order valence-electron chi connectivity index (χ2n) is 5.39. The number of hydrogen-bond acceptors (Lipinski definition) is 3. The predicted octanol–water partition coefficient (Wildman–Crippen LogP) is 2.05. The Morgan fingerprint density at radius 2 is 2.22 bits per heavy atom. The van der Waals surface area contributed by atoms with Crippen LogP contribution in [0.2, 0.25) is 0 Å². The average Bonchev–Trinajstić information content (AvgIpc) is 2.75. The van der Waals surface area contributed by atoms with Gasteiger partial charge in [0, 0.05) is 32.1 Å². The average molecular weight is 248 g/mol. The molecule has 1 aromatic rings. The van der Waals surface area contributed by atoms with Crippen molar-refractivity contribution in [3.05, 3.63) is 29.3 Å². The first kappa shape index (κ1) is 13.4. The quantitative estimate of drug-likeness (QED) is 0.834. The first-order valence-corrected chi connectivity index (χ1v) is 6.81. The van der Waals surface area contributed by atoms with Gasteiger partial charge < -0.3 is 15.0 Å². The van der Waals surface area contributed by atoms with Crippen molar-refractivity contribution in [1.82, 2.24) is 10.2 Å². The van der Waals surface area contributed by atoms with Crippen LogP contribution in [-0.2, 0) is 13.0 Å². The van der Waals surface area contributed by atoms with Crippen molar-refractivity contribution >= 4 is 0 Å². The molecular weight excluding hydrogens is 224 g/mol. The van der Waals surface area contributed by atoms with E-state index in [1.165, 1.54) is 11.1 Å². The molecular formula is C15H24N2O. The summed E-state index contributed by atoms with van der Waals surface area (Å²) >= 11 is 0. The second kappa shape index (κ2) is 6.21. The van der Waals surface area contributed by atoms with Crippen LogP contribution < -0.4 is 10.1 Å². The third-order valence-electron chi connectivity index (χ3n) is 3.25. The highest BCUT2D eigenvalue weighted by atomic mass is 16.5. The van der Waals surface area contributed by atoms with E-state index in [0.29, 0.717) is 6.04 Å². The minimum absolute atomic E-state index is 0.565. The summed E-state index contributed by atoms with van der Waals surface area (Å²) in [5.74, 6) is 1.07. The maximum Gasteiger partial charge on any atom is 0.122 e.